The summed E-state index contributed by atoms with van der Waals surface area (Å²) in [5.74, 6) is 0.00347. The van der Waals surface area contributed by atoms with Crippen molar-refractivity contribution in [1.82, 2.24) is 0 Å². The second-order valence-corrected chi connectivity index (χ2v) is 1.60. The van der Waals surface area contributed by atoms with Gasteiger partial charge in [-0.3, -0.25) is 4.79 Å². The van der Waals surface area contributed by atoms with Gasteiger partial charge in [0.25, 0.3) is 0 Å². The van der Waals surface area contributed by atoms with Crippen molar-refractivity contribution in [3.8, 4) is 0 Å². The van der Waals surface area contributed by atoms with E-state index in [4.69, 9.17) is 5.11 Å². The van der Waals surface area contributed by atoms with Crippen molar-refractivity contribution >= 4 is 6.29 Å². The van der Waals surface area contributed by atoms with Crippen LogP contribution in [0.4, 0.5) is 0 Å². The highest BCUT2D eigenvalue weighted by Crippen LogP contribution is 2.05. The first-order chi connectivity index (χ1) is 4.34. The summed E-state index contributed by atoms with van der Waals surface area (Å²) in [5, 5.41) is 8.86. The molecule has 1 N–H and O–H groups in total. The number of carbonyl (C=O) groups excluding carboxylic acids is 1. The number of rotatable bonds is 1. The highest BCUT2D eigenvalue weighted by molar-refractivity contribution is 5.79. The predicted octanol–water partition coefficient (Wildman–Crippen LogP) is 0.927. The van der Waals surface area contributed by atoms with Gasteiger partial charge in [0.2, 0.25) is 12.0 Å². The third-order valence-electron chi connectivity index (χ3n) is 0.999. The number of aldehydes is 1. The maximum Gasteiger partial charge on any atom is 0.241 e. The van der Waals surface area contributed by atoms with E-state index in [2.05, 4.69) is 6.08 Å². The lowest BCUT2D eigenvalue weighted by molar-refractivity contribution is -0.104. The number of carbonyl (C=O) groups is 1. The molecule has 2 heteroatoms. The molecule has 0 aromatic heterocycles. The molecule has 44 valence electrons. The molecule has 1 rings (SSSR count). The normalized spacial score (nSPS) is 15.6. The molecule has 9 heavy (non-hydrogen) atoms. The average molecular weight is 121 g/mol. The van der Waals surface area contributed by atoms with Gasteiger partial charge >= 0.3 is 0 Å². The molecule has 0 radical (unpaired) electrons. The van der Waals surface area contributed by atoms with Crippen LogP contribution in [0.2, 0.25) is 0 Å². The van der Waals surface area contributed by atoms with Crippen LogP contribution in [-0.4, -0.2) is 11.4 Å². The van der Waals surface area contributed by atoms with Crippen LogP contribution in [0.25, 0.3) is 0 Å². The first kappa shape index (κ1) is 5.73. The van der Waals surface area contributed by atoms with Crippen LogP contribution in [0, 0.1) is 6.08 Å². The van der Waals surface area contributed by atoms with Crippen molar-refractivity contribution in [3.05, 3.63) is 35.6 Å². The fourth-order valence-corrected chi connectivity index (χ4v) is 0.529. The molecule has 0 atom stereocenters. The van der Waals surface area contributed by atoms with Gasteiger partial charge in [-0.05, 0) is 0 Å². The average Bonchev–Trinajstić information content (AvgIpc) is 1.89. The number of aliphatic hydroxyl groups is 1. The monoisotopic (exact) mass is 121 g/mol. The maximum atomic E-state index is 10.0. The third-order valence-corrected chi connectivity index (χ3v) is 0.999. The predicted molar refractivity (Wildman–Crippen MR) is 32.7 cm³/mol. The number of allylic oxidation sites excluding steroid dienone is 5. The van der Waals surface area contributed by atoms with E-state index in [0.29, 0.717) is 6.29 Å². The van der Waals surface area contributed by atoms with Crippen LogP contribution in [0.5, 0.6) is 0 Å². The Kier molecular flexibility index (Phi) is 1.43. The highest BCUT2D eigenvalue weighted by atomic mass is 16.3. The van der Waals surface area contributed by atoms with E-state index >= 15 is 0 Å². The summed E-state index contributed by atoms with van der Waals surface area (Å²) in [6.45, 7) is 0. The Balaban J connectivity index is 3.01. The molecule has 0 saturated heterocycles. The third kappa shape index (κ3) is 1.04. The van der Waals surface area contributed by atoms with Gasteiger partial charge < -0.3 is 5.11 Å². The topological polar surface area (TPSA) is 37.3 Å². The molecule has 0 unspecified atom stereocenters. The van der Waals surface area contributed by atoms with E-state index in [1.807, 2.05) is 0 Å². The van der Waals surface area contributed by atoms with Gasteiger partial charge in [-0.1, -0.05) is 0 Å². The summed E-state index contributed by atoms with van der Waals surface area (Å²) in [7, 11) is 0. The van der Waals surface area contributed by atoms with Gasteiger partial charge in [-0.2, -0.15) is 0 Å². The minimum absolute atomic E-state index is 0.00347. The van der Waals surface area contributed by atoms with Crippen molar-refractivity contribution in [3.63, 3.8) is 0 Å². The Morgan fingerprint density at radius 1 is 1.67 bits per heavy atom. The Morgan fingerprint density at radius 3 is 2.89 bits per heavy atom. The summed E-state index contributed by atoms with van der Waals surface area (Å²) in [6, 6.07) is 0. The number of hydrogen-bond donors (Lipinski definition) is 1. The van der Waals surface area contributed by atoms with Crippen molar-refractivity contribution < 1.29 is 9.90 Å². The van der Waals surface area contributed by atoms with Crippen LogP contribution in [-0.2, 0) is 4.79 Å². The van der Waals surface area contributed by atoms with Crippen molar-refractivity contribution in [1.29, 1.82) is 0 Å². The van der Waals surface area contributed by atoms with Gasteiger partial charge in [0, 0.05) is 6.08 Å². The molecule has 0 aromatic rings. The SMILES string of the molecule is O=CC1=C(O)C=C[C+]=C1. The second-order valence-electron chi connectivity index (χ2n) is 1.60. The lowest BCUT2D eigenvalue weighted by Gasteiger charge is -1.86. The van der Waals surface area contributed by atoms with E-state index in [1.165, 1.54) is 12.2 Å². The molecule has 0 amide bonds. The van der Waals surface area contributed by atoms with Gasteiger partial charge in [-0.15, -0.1) is 0 Å². The van der Waals surface area contributed by atoms with Crippen molar-refractivity contribution in [2.24, 2.45) is 0 Å². The van der Waals surface area contributed by atoms with Crippen LogP contribution in [0.3, 0.4) is 0 Å². The fraction of sp³-hybridized carbons (Fsp3) is 0. The van der Waals surface area contributed by atoms with Crippen molar-refractivity contribution in [2.45, 2.75) is 0 Å². The molecule has 2 nitrogen and oxygen atoms in total. The molecule has 0 bridgehead atoms. The van der Waals surface area contributed by atoms with Gasteiger partial charge in [0.1, 0.15) is 12.2 Å². The first-order valence-corrected chi connectivity index (χ1v) is 2.49. The summed E-state index contributed by atoms with van der Waals surface area (Å²) < 4.78 is 0. The zero-order chi connectivity index (χ0) is 6.69. The molecular formula is C7H5O2+. The fourth-order valence-electron chi connectivity index (χ4n) is 0.529. The van der Waals surface area contributed by atoms with Gasteiger partial charge in [0.05, 0.1) is 6.08 Å². The minimum Gasteiger partial charge on any atom is -0.487 e. The molecule has 0 saturated carbocycles. The van der Waals surface area contributed by atoms with Gasteiger partial charge in [-0.25, -0.2) is 0 Å². The van der Waals surface area contributed by atoms with E-state index in [9.17, 15) is 4.79 Å². The molecule has 0 aromatic carbocycles. The van der Waals surface area contributed by atoms with E-state index in [-0.39, 0.29) is 11.3 Å². The van der Waals surface area contributed by atoms with E-state index < -0.39 is 0 Å². The summed E-state index contributed by atoms with van der Waals surface area (Å²) in [5.41, 5.74) is 0.275. The Morgan fingerprint density at radius 2 is 2.44 bits per heavy atom. The number of aliphatic hydroxyl groups excluding tert-OH is 1. The molecule has 0 heterocycles. The lowest BCUT2D eigenvalue weighted by atomic mass is 10.1. The zero-order valence-electron chi connectivity index (χ0n) is 4.66. The molecule has 0 spiro atoms. The second kappa shape index (κ2) is 2.25. The zero-order valence-corrected chi connectivity index (χ0v) is 4.66. The quantitative estimate of drug-likeness (QED) is 0.414. The van der Waals surface area contributed by atoms with Crippen LogP contribution < -0.4 is 0 Å². The molecule has 0 fully saturated rings. The van der Waals surface area contributed by atoms with Gasteiger partial charge in [0.15, 0.2) is 5.57 Å². The Bertz CT molecular complexity index is 209. The van der Waals surface area contributed by atoms with Crippen LogP contribution in [0.1, 0.15) is 0 Å². The summed E-state index contributed by atoms with van der Waals surface area (Å²) >= 11 is 0. The molecule has 1 aliphatic rings. The maximum absolute atomic E-state index is 10.0. The Hall–Kier alpha value is -1.40. The number of hydrogen-bond acceptors (Lipinski definition) is 2. The van der Waals surface area contributed by atoms with Crippen molar-refractivity contribution in [2.75, 3.05) is 0 Å². The Labute approximate surface area is 52.8 Å². The van der Waals surface area contributed by atoms with Crippen LogP contribution >= 0.6 is 0 Å². The van der Waals surface area contributed by atoms with Crippen LogP contribution in [0.15, 0.2) is 29.6 Å². The summed E-state index contributed by atoms with van der Waals surface area (Å²) in [4.78, 5) is 10.0. The lowest BCUT2D eigenvalue weighted by Crippen LogP contribution is -1.89. The summed E-state index contributed by atoms with van der Waals surface area (Å²) in [6.07, 6.45) is 7.65. The van der Waals surface area contributed by atoms with E-state index in [0.717, 1.165) is 0 Å². The molecule has 1 aliphatic carbocycles. The molecular weight excluding hydrogens is 116 g/mol. The highest BCUT2D eigenvalue weighted by Gasteiger charge is 2.09. The van der Waals surface area contributed by atoms with E-state index in [1.54, 1.807) is 6.08 Å². The molecule has 0 aliphatic heterocycles. The minimum atomic E-state index is 0.00347. The smallest absolute Gasteiger partial charge is 0.241 e. The standard InChI is InChI=1S/C7H4O2/c8-5-6-3-1-2-4-7(6)9/h2-5H/p+1. The first-order valence-electron chi connectivity index (χ1n) is 2.49. The largest absolute Gasteiger partial charge is 0.487 e.